The Balaban J connectivity index is 1.77. The fraction of sp³-hybridized carbons (Fsp3) is 0.125. The second-order valence-electron chi connectivity index (χ2n) is 4.54. The van der Waals surface area contributed by atoms with E-state index in [4.69, 9.17) is 4.74 Å². The Labute approximate surface area is 131 Å². The average Bonchev–Trinajstić information content (AvgIpc) is 3.02. The van der Waals surface area contributed by atoms with Gasteiger partial charge in [-0.15, -0.1) is 0 Å². The monoisotopic (exact) mass is 343 g/mol. The van der Waals surface area contributed by atoms with Gasteiger partial charge in [0.15, 0.2) is 0 Å². The molecule has 0 bridgehead atoms. The van der Waals surface area contributed by atoms with Crippen LogP contribution in [0.15, 0.2) is 59.6 Å². The van der Waals surface area contributed by atoms with Crippen molar-refractivity contribution in [1.82, 2.24) is 14.8 Å². The van der Waals surface area contributed by atoms with Crippen molar-refractivity contribution in [2.45, 2.75) is 13.3 Å². The minimum absolute atomic E-state index is 0.787. The summed E-state index contributed by atoms with van der Waals surface area (Å²) < 4.78 is 8.63. The van der Waals surface area contributed by atoms with E-state index in [9.17, 15) is 0 Å². The van der Waals surface area contributed by atoms with E-state index >= 15 is 0 Å². The van der Waals surface area contributed by atoms with Crippen LogP contribution in [0.25, 0.3) is 5.69 Å². The van der Waals surface area contributed by atoms with E-state index in [1.54, 1.807) is 11.0 Å². The van der Waals surface area contributed by atoms with Gasteiger partial charge in [0.2, 0.25) is 0 Å². The summed E-state index contributed by atoms with van der Waals surface area (Å²) in [5.74, 6) is 1.60. The molecule has 4 nitrogen and oxygen atoms in total. The Morgan fingerprint density at radius 2 is 1.86 bits per heavy atom. The summed E-state index contributed by atoms with van der Waals surface area (Å²) in [5, 5.41) is 4.09. The van der Waals surface area contributed by atoms with Crippen molar-refractivity contribution in [3.05, 3.63) is 65.2 Å². The molecular weight excluding hydrogens is 330 g/mol. The van der Waals surface area contributed by atoms with Crippen LogP contribution in [0.4, 0.5) is 0 Å². The number of nitrogens with zero attached hydrogens (tertiary/aromatic N) is 3. The van der Waals surface area contributed by atoms with Crippen LogP contribution in [-0.2, 0) is 6.42 Å². The highest BCUT2D eigenvalue weighted by Gasteiger charge is 2.03. The third-order valence-corrected chi connectivity index (χ3v) is 3.90. The minimum atomic E-state index is 0.787. The molecule has 0 radical (unpaired) electrons. The quantitative estimate of drug-likeness (QED) is 0.705. The summed E-state index contributed by atoms with van der Waals surface area (Å²) >= 11 is 3.56. The van der Waals surface area contributed by atoms with E-state index in [1.165, 1.54) is 11.9 Å². The van der Waals surface area contributed by atoms with E-state index in [-0.39, 0.29) is 0 Å². The van der Waals surface area contributed by atoms with Crippen molar-refractivity contribution < 1.29 is 4.74 Å². The summed E-state index contributed by atoms with van der Waals surface area (Å²) in [5.41, 5.74) is 2.21. The first-order valence-corrected chi connectivity index (χ1v) is 7.47. The number of benzene rings is 2. The summed E-state index contributed by atoms with van der Waals surface area (Å²) in [6.45, 7) is 2.13. The summed E-state index contributed by atoms with van der Waals surface area (Å²) in [7, 11) is 0. The summed E-state index contributed by atoms with van der Waals surface area (Å²) in [6.07, 6.45) is 4.17. The van der Waals surface area contributed by atoms with Crippen LogP contribution in [-0.4, -0.2) is 14.8 Å². The molecule has 0 unspecified atom stereocenters. The van der Waals surface area contributed by atoms with Crippen molar-refractivity contribution in [3.63, 3.8) is 0 Å². The predicted octanol–water partition coefficient (Wildman–Crippen LogP) is 4.38. The highest BCUT2D eigenvalue weighted by atomic mass is 79.9. The smallest absolute Gasteiger partial charge is 0.138 e. The molecule has 0 amide bonds. The summed E-state index contributed by atoms with van der Waals surface area (Å²) in [4.78, 5) is 3.93. The first kappa shape index (κ1) is 13.8. The van der Waals surface area contributed by atoms with Gasteiger partial charge in [-0.3, -0.25) is 0 Å². The van der Waals surface area contributed by atoms with Crippen molar-refractivity contribution >= 4 is 15.9 Å². The van der Waals surface area contributed by atoms with Gasteiger partial charge in [0, 0.05) is 4.47 Å². The predicted molar refractivity (Wildman–Crippen MR) is 85.0 cm³/mol. The standard InChI is InChI=1S/C16H14BrN3O/c1-2-12-3-6-15(9-16(12)17)21-14-7-4-13(5-8-14)20-11-18-10-19-20/h3-11H,2H2,1H3. The third kappa shape index (κ3) is 3.13. The highest BCUT2D eigenvalue weighted by Crippen LogP contribution is 2.27. The van der Waals surface area contributed by atoms with Gasteiger partial charge in [-0.05, 0) is 48.4 Å². The van der Waals surface area contributed by atoms with Gasteiger partial charge in [-0.25, -0.2) is 9.67 Å². The Kier molecular flexibility index (Phi) is 4.01. The maximum absolute atomic E-state index is 5.86. The second kappa shape index (κ2) is 6.10. The van der Waals surface area contributed by atoms with Crippen LogP contribution in [0.1, 0.15) is 12.5 Å². The van der Waals surface area contributed by atoms with Crippen LogP contribution < -0.4 is 4.74 Å². The first-order valence-electron chi connectivity index (χ1n) is 6.67. The van der Waals surface area contributed by atoms with Gasteiger partial charge in [0.05, 0.1) is 5.69 Å². The van der Waals surface area contributed by atoms with Crippen molar-refractivity contribution in [2.75, 3.05) is 0 Å². The molecule has 1 heterocycles. The molecule has 0 aliphatic carbocycles. The number of ether oxygens (including phenoxy) is 1. The molecule has 0 aliphatic heterocycles. The Bertz CT molecular complexity index is 724. The lowest BCUT2D eigenvalue weighted by atomic mass is 10.2. The first-order chi connectivity index (χ1) is 10.3. The number of rotatable bonds is 4. The molecule has 3 aromatic rings. The van der Waals surface area contributed by atoms with Gasteiger partial charge >= 0.3 is 0 Å². The Hall–Kier alpha value is -2.14. The van der Waals surface area contributed by atoms with Gasteiger partial charge in [-0.1, -0.05) is 28.9 Å². The van der Waals surface area contributed by atoms with E-state index in [0.29, 0.717) is 0 Å². The van der Waals surface area contributed by atoms with Gasteiger partial charge < -0.3 is 4.74 Å². The molecule has 2 aromatic carbocycles. The maximum Gasteiger partial charge on any atom is 0.138 e. The zero-order chi connectivity index (χ0) is 14.7. The van der Waals surface area contributed by atoms with Crippen LogP contribution in [0, 0.1) is 0 Å². The zero-order valence-electron chi connectivity index (χ0n) is 11.5. The lowest BCUT2D eigenvalue weighted by Crippen LogP contribution is -1.94. The molecular formula is C16H14BrN3O. The van der Waals surface area contributed by atoms with Crippen molar-refractivity contribution in [2.24, 2.45) is 0 Å². The van der Waals surface area contributed by atoms with Crippen molar-refractivity contribution in [1.29, 1.82) is 0 Å². The lowest BCUT2D eigenvalue weighted by Gasteiger charge is -2.09. The molecule has 0 fully saturated rings. The largest absolute Gasteiger partial charge is 0.457 e. The minimum Gasteiger partial charge on any atom is -0.457 e. The molecule has 0 saturated carbocycles. The van der Waals surface area contributed by atoms with E-state index in [0.717, 1.165) is 28.1 Å². The second-order valence-corrected chi connectivity index (χ2v) is 5.40. The molecule has 0 N–H and O–H groups in total. The molecule has 1 aromatic heterocycles. The number of halogens is 1. The number of aromatic nitrogens is 3. The maximum atomic E-state index is 5.86. The average molecular weight is 344 g/mol. The summed E-state index contributed by atoms with van der Waals surface area (Å²) in [6, 6.07) is 13.8. The highest BCUT2D eigenvalue weighted by molar-refractivity contribution is 9.10. The lowest BCUT2D eigenvalue weighted by molar-refractivity contribution is 0.482. The van der Waals surface area contributed by atoms with Gasteiger partial charge in [0.1, 0.15) is 24.2 Å². The molecule has 106 valence electrons. The van der Waals surface area contributed by atoms with Crippen LogP contribution in [0.5, 0.6) is 11.5 Å². The molecule has 0 aliphatic rings. The zero-order valence-corrected chi connectivity index (χ0v) is 13.1. The normalized spacial score (nSPS) is 10.6. The number of hydrogen-bond donors (Lipinski definition) is 0. The molecule has 0 spiro atoms. The van der Waals surface area contributed by atoms with E-state index < -0.39 is 0 Å². The molecule has 3 rings (SSSR count). The van der Waals surface area contributed by atoms with E-state index in [2.05, 4.69) is 39.0 Å². The van der Waals surface area contributed by atoms with Crippen LogP contribution in [0.2, 0.25) is 0 Å². The Morgan fingerprint density at radius 1 is 1.10 bits per heavy atom. The molecule has 0 atom stereocenters. The van der Waals surface area contributed by atoms with Crippen LogP contribution >= 0.6 is 15.9 Å². The van der Waals surface area contributed by atoms with Gasteiger partial charge in [-0.2, -0.15) is 5.10 Å². The number of aryl methyl sites for hydroxylation is 1. The fourth-order valence-electron chi connectivity index (χ4n) is 2.02. The molecule has 0 saturated heterocycles. The molecule has 21 heavy (non-hydrogen) atoms. The SMILES string of the molecule is CCc1ccc(Oc2ccc(-n3cncn3)cc2)cc1Br. The van der Waals surface area contributed by atoms with Crippen molar-refractivity contribution in [3.8, 4) is 17.2 Å². The number of hydrogen-bond acceptors (Lipinski definition) is 3. The van der Waals surface area contributed by atoms with Crippen LogP contribution in [0.3, 0.4) is 0 Å². The van der Waals surface area contributed by atoms with E-state index in [1.807, 2.05) is 36.4 Å². The van der Waals surface area contributed by atoms with Gasteiger partial charge in [0.25, 0.3) is 0 Å². The molecule has 5 heteroatoms. The topological polar surface area (TPSA) is 39.9 Å². The third-order valence-electron chi connectivity index (χ3n) is 3.16. The Morgan fingerprint density at radius 3 is 2.48 bits per heavy atom. The fourth-order valence-corrected chi connectivity index (χ4v) is 2.66.